The van der Waals surface area contributed by atoms with Gasteiger partial charge in [-0.2, -0.15) is 0 Å². The van der Waals surface area contributed by atoms with E-state index in [2.05, 4.69) is 10.2 Å². The number of carbonyl (C=O) groups is 1. The molecular weight excluding hydrogens is 290 g/mol. The summed E-state index contributed by atoms with van der Waals surface area (Å²) in [5, 5.41) is 2.81. The lowest BCUT2D eigenvalue weighted by molar-refractivity contribution is -0.117. The number of nitrogens with two attached hydrogens (primary N) is 1. The molecule has 23 heavy (non-hydrogen) atoms. The van der Waals surface area contributed by atoms with E-state index in [9.17, 15) is 4.79 Å². The van der Waals surface area contributed by atoms with Crippen molar-refractivity contribution >= 4 is 11.6 Å². The van der Waals surface area contributed by atoms with Gasteiger partial charge in [0.15, 0.2) is 0 Å². The van der Waals surface area contributed by atoms with Gasteiger partial charge in [0.05, 0.1) is 0 Å². The largest absolute Gasteiger partial charge is 0.492 e. The number of anilines is 1. The second kappa shape index (κ2) is 8.31. The number of benzene rings is 2. The summed E-state index contributed by atoms with van der Waals surface area (Å²) in [6.45, 7) is 1.47. The van der Waals surface area contributed by atoms with Crippen LogP contribution in [0.1, 0.15) is 11.6 Å². The number of ether oxygens (including phenoxy) is 1. The highest BCUT2D eigenvalue weighted by Gasteiger charge is 2.15. The van der Waals surface area contributed by atoms with Gasteiger partial charge in [-0.15, -0.1) is 0 Å². The highest BCUT2D eigenvalue weighted by molar-refractivity contribution is 5.95. The van der Waals surface area contributed by atoms with Crippen LogP contribution in [0.3, 0.4) is 0 Å². The molecule has 0 saturated heterocycles. The van der Waals surface area contributed by atoms with Gasteiger partial charge in [-0.05, 0) is 43.9 Å². The molecule has 5 heteroatoms. The molecule has 0 spiro atoms. The van der Waals surface area contributed by atoms with Crippen LogP contribution in [0.25, 0.3) is 0 Å². The Bertz CT molecular complexity index is 612. The summed E-state index contributed by atoms with van der Waals surface area (Å²) in [5.74, 6) is 0.537. The maximum atomic E-state index is 12.2. The van der Waals surface area contributed by atoms with Crippen LogP contribution >= 0.6 is 0 Å². The summed E-state index contributed by atoms with van der Waals surface area (Å²) in [6.07, 6.45) is 0. The van der Waals surface area contributed by atoms with Gasteiger partial charge in [-0.1, -0.05) is 30.3 Å². The molecule has 1 unspecified atom stereocenters. The Balaban J connectivity index is 1.89. The van der Waals surface area contributed by atoms with E-state index >= 15 is 0 Å². The molecule has 0 saturated carbocycles. The van der Waals surface area contributed by atoms with Gasteiger partial charge in [-0.25, -0.2) is 0 Å². The monoisotopic (exact) mass is 313 g/mol. The second-order valence-corrected chi connectivity index (χ2v) is 5.55. The molecular formula is C18H23N3O2. The van der Waals surface area contributed by atoms with E-state index in [1.165, 1.54) is 0 Å². The maximum Gasteiger partial charge on any atom is 0.245 e. The van der Waals surface area contributed by atoms with Crippen LogP contribution in [-0.2, 0) is 4.79 Å². The lowest BCUT2D eigenvalue weighted by Gasteiger charge is -2.13. The Hall–Kier alpha value is -2.37. The molecule has 0 bridgehead atoms. The fourth-order valence-corrected chi connectivity index (χ4v) is 2.01. The van der Waals surface area contributed by atoms with Crippen molar-refractivity contribution in [1.29, 1.82) is 0 Å². The van der Waals surface area contributed by atoms with E-state index in [-0.39, 0.29) is 5.91 Å². The molecule has 0 heterocycles. The second-order valence-electron chi connectivity index (χ2n) is 5.55. The molecule has 2 aromatic carbocycles. The van der Waals surface area contributed by atoms with Gasteiger partial charge in [0.2, 0.25) is 5.91 Å². The zero-order valence-corrected chi connectivity index (χ0v) is 13.5. The molecule has 3 N–H and O–H groups in total. The molecule has 122 valence electrons. The molecule has 0 aromatic heterocycles. The first-order valence-corrected chi connectivity index (χ1v) is 7.55. The summed E-state index contributed by atoms with van der Waals surface area (Å²) in [4.78, 5) is 14.2. The third-order valence-electron chi connectivity index (χ3n) is 3.37. The van der Waals surface area contributed by atoms with Gasteiger partial charge in [0.1, 0.15) is 18.4 Å². The van der Waals surface area contributed by atoms with Crippen molar-refractivity contribution in [2.75, 3.05) is 32.6 Å². The third kappa shape index (κ3) is 5.39. The molecule has 5 nitrogen and oxygen atoms in total. The Kier molecular flexibility index (Phi) is 6.14. The van der Waals surface area contributed by atoms with Crippen molar-refractivity contribution in [3.8, 4) is 5.75 Å². The van der Waals surface area contributed by atoms with Crippen molar-refractivity contribution in [3.63, 3.8) is 0 Å². The number of hydrogen-bond acceptors (Lipinski definition) is 4. The van der Waals surface area contributed by atoms with Gasteiger partial charge in [-0.3, -0.25) is 4.79 Å². The van der Waals surface area contributed by atoms with E-state index < -0.39 is 6.04 Å². The van der Waals surface area contributed by atoms with E-state index in [1.54, 1.807) is 12.1 Å². The molecule has 1 amide bonds. The van der Waals surface area contributed by atoms with Crippen molar-refractivity contribution < 1.29 is 9.53 Å². The number of nitrogens with one attached hydrogen (secondary N) is 1. The lowest BCUT2D eigenvalue weighted by Crippen LogP contribution is -2.27. The summed E-state index contributed by atoms with van der Waals surface area (Å²) in [7, 11) is 4.00. The minimum Gasteiger partial charge on any atom is -0.492 e. The Morgan fingerprint density at radius 3 is 2.39 bits per heavy atom. The van der Waals surface area contributed by atoms with E-state index in [0.29, 0.717) is 12.3 Å². The van der Waals surface area contributed by atoms with E-state index in [4.69, 9.17) is 10.5 Å². The molecule has 0 fully saturated rings. The minimum absolute atomic E-state index is 0.238. The van der Waals surface area contributed by atoms with Crippen molar-refractivity contribution in [2.24, 2.45) is 5.73 Å². The summed E-state index contributed by atoms with van der Waals surface area (Å²) >= 11 is 0. The maximum absolute atomic E-state index is 12.2. The average Bonchev–Trinajstić information content (AvgIpc) is 2.56. The first kappa shape index (κ1) is 17.0. The Morgan fingerprint density at radius 2 is 1.78 bits per heavy atom. The van der Waals surface area contributed by atoms with Gasteiger partial charge >= 0.3 is 0 Å². The van der Waals surface area contributed by atoms with Crippen LogP contribution in [-0.4, -0.2) is 38.1 Å². The zero-order chi connectivity index (χ0) is 16.7. The van der Waals surface area contributed by atoms with Crippen molar-refractivity contribution in [2.45, 2.75) is 6.04 Å². The first-order valence-electron chi connectivity index (χ1n) is 7.55. The predicted octanol–water partition coefficient (Wildman–Crippen LogP) is 2.27. The normalized spacial score (nSPS) is 12.0. The molecule has 0 aliphatic heterocycles. The van der Waals surface area contributed by atoms with Crippen LogP contribution in [0.15, 0.2) is 54.6 Å². The van der Waals surface area contributed by atoms with Gasteiger partial charge in [0.25, 0.3) is 0 Å². The number of carbonyl (C=O) groups excluding carboxylic acids is 1. The van der Waals surface area contributed by atoms with Crippen LogP contribution < -0.4 is 15.8 Å². The number of rotatable bonds is 7. The van der Waals surface area contributed by atoms with Gasteiger partial charge < -0.3 is 20.7 Å². The lowest BCUT2D eigenvalue weighted by atomic mass is 10.1. The minimum atomic E-state index is -0.688. The molecule has 0 aliphatic carbocycles. The summed E-state index contributed by atoms with van der Waals surface area (Å²) in [5.41, 5.74) is 7.45. The third-order valence-corrected chi connectivity index (χ3v) is 3.37. The van der Waals surface area contributed by atoms with E-state index in [0.717, 1.165) is 17.9 Å². The van der Waals surface area contributed by atoms with Crippen LogP contribution in [0.4, 0.5) is 5.69 Å². The van der Waals surface area contributed by atoms with E-state index in [1.807, 2.05) is 56.6 Å². The summed E-state index contributed by atoms with van der Waals surface area (Å²) in [6, 6.07) is 15.9. The van der Waals surface area contributed by atoms with Crippen LogP contribution in [0.2, 0.25) is 0 Å². The topological polar surface area (TPSA) is 67.6 Å². The van der Waals surface area contributed by atoms with Crippen molar-refractivity contribution in [1.82, 2.24) is 4.90 Å². The number of nitrogens with zero attached hydrogens (tertiary/aromatic N) is 1. The smallest absolute Gasteiger partial charge is 0.245 e. The molecule has 1 atom stereocenters. The average molecular weight is 313 g/mol. The predicted molar refractivity (Wildman–Crippen MR) is 92.5 cm³/mol. The SMILES string of the molecule is CN(C)CCOc1ccc(NC(=O)C(N)c2ccccc2)cc1. The zero-order valence-electron chi connectivity index (χ0n) is 13.5. The summed E-state index contributed by atoms with van der Waals surface area (Å²) < 4.78 is 5.61. The molecule has 0 radical (unpaired) electrons. The van der Waals surface area contributed by atoms with Crippen LogP contribution in [0.5, 0.6) is 5.75 Å². The number of likely N-dealkylation sites (N-methyl/N-ethyl adjacent to an activating group) is 1. The number of amides is 1. The highest BCUT2D eigenvalue weighted by atomic mass is 16.5. The first-order chi connectivity index (χ1) is 11.1. The Labute approximate surface area is 137 Å². The quantitative estimate of drug-likeness (QED) is 0.823. The molecule has 2 aromatic rings. The molecule has 0 aliphatic rings. The van der Waals surface area contributed by atoms with Gasteiger partial charge in [0, 0.05) is 12.2 Å². The van der Waals surface area contributed by atoms with Crippen LogP contribution in [0, 0.1) is 0 Å². The van der Waals surface area contributed by atoms with Crippen molar-refractivity contribution in [3.05, 3.63) is 60.2 Å². The fourth-order valence-electron chi connectivity index (χ4n) is 2.01. The standard InChI is InChI=1S/C18H23N3O2/c1-21(2)12-13-23-16-10-8-15(9-11-16)20-18(22)17(19)14-6-4-3-5-7-14/h3-11,17H,12-13,19H2,1-2H3,(H,20,22). The number of hydrogen-bond donors (Lipinski definition) is 2. The Morgan fingerprint density at radius 1 is 1.13 bits per heavy atom. The molecule has 2 rings (SSSR count). The fraction of sp³-hybridized carbons (Fsp3) is 0.278. The highest BCUT2D eigenvalue weighted by Crippen LogP contribution is 2.17.